The molecule has 16 heavy (non-hydrogen) atoms. The molecule has 0 bridgehead atoms. The largest absolute Gasteiger partial charge is 0.345 e. The van der Waals surface area contributed by atoms with Gasteiger partial charge >= 0.3 is 7.60 Å². The van der Waals surface area contributed by atoms with E-state index in [0.29, 0.717) is 13.0 Å². The summed E-state index contributed by atoms with van der Waals surface area (Å²) in [6, 6.07) is 9.55. The zero-order chi connectivity index (χ0) is 12.2. The normalized spacial score (nSPS) is 15.8. The molecule has 1 rings (SSSR count). The van der Waals surface area contributed by atoms with Crippen LogP contribution in [0.1, 0.15) is 25.8 Å². The van der Waals surface area contributed by atoms with Crippen LogP contribution in [0, 0.1) is 0 Å². The van der Waals surface area contributed by atoms with Gasteiger partial charge in [0.05, 0.1) is 0 Å². The van der Waals surface area contributed by atoms with Gasteiger partial charge in [-0.05, 0) is 18.9 Å². The summed E-state index contributed by atoms with van der Waals surface area (Å²) in [6.45, 7) is 3.77. The molecule has 5 heteroatoms. The van der Waals surface area contributed by atoms with Gasteiger partial charge < -0.3 is 9.79 Å². The highest BCUT2D eigenvalue weighted by atomic mass is 31.2. The Morgan fingerprint density at radius 1 is 1.31 bits per heavy atom. The van der Waals surface area contributed by atoms with Gasteiger partial charge in [-0.2, -0.15) is 0 Å². The lowest BCUT2D eigenvalue weighted by atomic mass is 10.2. The van der Waals surface area contributed by atoms with Gasteiger partial charge in [-0.25, -0.2) is 0 Å². The van der Waals surface area contributed by atoms with Crippen LogP contribution in [-0.4, -0.2) is 15.1 Å². The first-order valence-electron chi connectivity index (χ1n) is 5.23. The van der Waals surface area contributed by atoms with Gasteiger partial charge in [0.1, 0.15) is 5.28 Å². The van der Waals surface area contributed by atoms with E-state index >= 15 is 0 Å². The van der Waals surface area contributed by atoms with Gasteiger partial charge in [0, 0.05) is 6.54 Å². The fourth-order valence-electron chi connectivity index (χ4n) is 1.32. The molecule has 0 fully saturated rings. The van der Waals surface area contributed by atoms with Crippen LogP contribution in [0.15, 0.2) is 30.3 Å². The average Bonchev–Trinajstić information content (AvgIpc) is 2.26. The molecular weight excluding hydrogens is 225 g/mol. The number of rotatable bonds is 5. The highest BCUT2D eigenvalue weighted by Crippen LogP contribution is 2.50. The monoisotopic (exact) mass is 243 g/mol. The minimum Gasteiger partial charge on any atom is -0.323 e. The quantitative estimate of drug-likeness (QED) is 0.692. The second-order valence-electron chi connectivity index (χ2n) is 4.01. The molecule has 0 aliphatic heterocycles. The molecule has 0 saturated carbocycles. The number of nitrogens with one attached hydrogen (secondary N) is 1. The SMILES string of the molecule is CCC(C)(NCc1ccccc1)P(=O)(O)O. The lowest BCUT2D eigenvalue weighted by Gasteiger charge is -2.30. The van der Waals surface area contributed by atoms with Crippen LogP contribution in [0.2, 0.25) is 0 Å². The molecular formula is C11H18NO3P. The Morgan fingerprint density at radius 2 is 1.88 bits per heavy atom. The standard InChI is InChI=1S/C11H18NO3P/c1-3-11(2,16(13,14)15)12-9-10-7-5-4-6-8-10/h4-8,12H,3,9H2,1-2H3,(H2,13,14,15). The summed E-state index contributed by atoms with van der Waals surface area (Å²) >= 11 is 0. The van der Waals surface area contributed by atoms with Crippen molar-refractivity contribution in [3.8, 4) is 0 Å². The van der Waals surface area contributed by atoms with E-state index in [0.717, 1.165) is 5.56 Å². The minimum absolute atomic E-state index is 0.379. The van der Waals surface area contributed by atoms with Crippen molar-refractivity contribution in [2.45, 2.75) is 32.1 Å². The Balaban J connectivity index is 2.70. The van der Waals surface area contributed by atoms with E-state index < -0.39 is 12.9 Å². The van der Waals surface area contributed by atoms with Gasteiger partial charge in [0.25, 0.3) is 0 Å². The summed E-state index contributed by atoms with van der Waals surface area (Å²) in [5, 5.41) is 1.79. The Labute approximate surface area is 95.9 Å². The number of hydrogen-bond donors (Lipinski definition) is 3. The Hall–Kier alpha value is -0.670. The third kappa shape index (κ3) is 3.16. The van der Waals surface area contributed by atoms with Crippen molar-refractivity contribution in [1.29, 1.82) is 0 Å². The fraction of sp³-hybridized carbons (Fsp3) is 0.455. The molecule has 90 valence electrons. The van der Waals surface area contributed by atoms with Crippen LogP contribution < -0.4 is 5.32 Å². The van der Waals surface area contributed by atoms with E-state index in [4.69, 9.17) is 0 Å². The first kappa shape index (κ1) is 13.4. The van der Waals surface area contributed by atoms with Crippen molar-refractivity contribution in [3.05, 3.63) is 35.9 Å². The molecule has 0 aliphatic carbocycles. The molecule has 0 aliphatic rings. The third-order valence-electron chi connectivity index (χ3n) is 2.85. The molecule has 1 aromatic rings. The maximum Gasteiger partial charge on any atom is 0.345 e. The van der Waals surface area contributed by atoms with E-state index in [1.165, 1.54) is 0 Å². The molecule has 3 N–H and O–H groups in total. The predicted molar refractivity (Wildman–Crippen MR) is 64.0 cm³/mol. The van der Waals surface area contributed by atoms with Gasteiger partial charge in [0.2, 0.25) is 0 Å². The molecule has 1 unspecified atom stereocenters. The van der Waals surface area contributed by atoms with Crippen LogP contribution in [0.25, 0.3) is 0 Å². The Kier molecular flexibility index (Phi) is 4.28. The summed E-state index contributed by atoms with van der Waals surface area (Å²) in [4.78, 5) is 18.5. The smallest absolute Gasteiger partial charge is 0.323 e. The summed E-state index contributed by atoms with van der Waals surface area (Å²) in [5.74, 6) is 0. The molecule has 1 atom stereocenters. The van der Waals surface area contributed by atoms with Crippen molar-refractivity contribution < 1.29 is 14.4 Å². The molecule has 0 radical (unpaired) electrons. The topological polar surface area (TPSA) is 69.6 Å². The van der Waals surface area contributed by atoms with Crippen LogP contribution in [-0.2, 0) is 11.1 Å². The first-order valence-corrected chi connectivity index (χ1v) is 6.85. The van der Waals surface area contributed by atoms with Crippen molar-refractivity contribution in [2.75, 3.05) is 0 Å². The summed E-state index contributed by atoms with van der Waals surface area (Å²) < 4.78 is 11.3. The second-order valence-corrected chi connectivity index (χ2v) is 6.09. The minimum atomic E-state index is -4.14. The molecule has 0 aromatic heterocycles. The lowest BCUT2D eigenvalue weighted by molar-refractivity contribution is 0.300. The first-order chi connectivity index (χ1) is 7.39. The lowest BCUT2D eigenvalue weighted by Crippen LogP contribution is -2.40. The van der Waals surface area contributed by atoms with Crippen LogP contribution in [0.3, 0.4) is 0 Å². The molecule has 0 amide bonds. The number of hydrogen-bond acceptors (Lipinski definition) is 2. The van der Waals surface area contributed by atoms with E-state index in [1.807, 2.05) is 30.3 Å². The van der Waals surface area contributed by atoms with Gasteiger partial charge in [-0.3, -0.25) is 9.88 Å². The highest BCUT2D eigenvalue weighted by Gasteiger charge is 2.40. The molecule has 0 saturated heterocycles. The van der Waals surface area contributed by atoms with Crippen molar-refractivity contribution in [2.24, 2.45) is 0 Å². The molecule has 0 heterocycles. The van der Waals surface area contributed by atoms with E-state index in [9.17, 15) is 14.4 Å². The van der Waals surface area contributed by atoms with Crippen LogP contribution >= 0.6 is 7.60 Å². The van der Waals surface area contributed by atoms with Crippen molar-refractivity contribution >= 4 is 7.60 Å². The van der Waals surface area contributed by atoms with Crippen molar-refractivity contribution in [1.82, 2.24) is 5.32 Å². The van der Waals surface area contributed by atoms with Crippen LogP contribution in [0.5, 0.6) is 0 Å². The second kappa shape index (κ2) is 5.11. The van der Waals surface area contributed by atoms with Gasteiger partial charge in [-0.15, -0.1) is 0 Å². The fourth-order valence-corrected chi connectivity index (χ4v) is 2.02. The maximum absolute atomic E-state index is 11.3. The Bertz CT molecular complexity index is 376. The summed E-state index contributed by atoms with van der Waals surface area (Å²) in [5.41, 5.74) is 1.01. The van der Waals surface area contributed by atoms with E-state index in [1.54, 1.807) is 13.8 Å². The van der Waals surface area contributed by atoms with Gasteiger partial charge in [0.15, 0.2) is 0 Å². The zero-order valence-corrected chi connectivity index (χ0v) is 10.4. The predicted octanol–water partition coefficient (Wildman–Crippen LogP) is 2.08. The van der Waals surface area contributed by atoms with Crippen molar-refractivity contribution in [3.63, 3.8) is 0 Å². The van der Waals surface area contributed by atoms with Gasteiger partial charge in [-0.1, -0.05) is 37.3 Å². The Morgan fingerprint density at radius 3 is 2.31 bits per heavy atom. The summed E-state index contributed by atoms with van der Waals surface area (Å²) in [7, 11) is -4.14. The van der Waals surface area contributed by atoms with E-state index in [2.05, 4.69) is 5.32 Å². The van der Waals surface area contributed by atoms with E-state index in [-0.39, 0.29) is 0 Å². The number of benzene rings is 1. The molecule has 0 spiro atoms. The van der Waals surface area contributed by atoms with Crippen LogP contribution in [0.4, 0.5) is 0 Å². The maximum atomic E-state index is 11.3. The summed E-state index contributed by atoms with van der Waals surface area (Å²) in [6.07, 6.45) is 0.379. The average molecular weight is 243 g/mol. The molecule has 4 nitrogen and oxygen atoms in total. The third-order valence-corrected chi connectivity index (χ3v) is 4.61. The molecule has 1 aromatic carbocycles. The highest BCUT2D eigenvalue weighted by molar-refractivity contribution is 7.53. The zero-order valence-electron chi connectivity index (χ0n) is 9.55.